The Morgan fingerprint density at radius 1 is 1.23 bits per heavy atom. The zero-order valence-corrected chi connectivity index (χ0v) is 15.6. The average Bonchev–Trinajstić information content (AvgIpc) is 2.64. The first kappa shape index (κ1) is 18.4. The van der Waals surface area contributed by atoms with Gasteiger partial charge >= 0.3 is 0 Å². The summed E-state index contributed by atoms with van der Waals surface area (Å²) in [5, 5.41) is 16.1. The minimum atomic E-state index is -0.751. The van der Waals surface area contributed by atoms with E-state index in [2.05, 4.69) is 33.1 Å². The fraction of sp³-hybridized carbons (Fsp3) is 0.200. The van der Waals surface area contributed by atoms with Gasteiger partial charge in [-0.2, -0.15) is 0 Å². The molecule has 2 aromatic carbocycles. The third-order valence-electron chi connectivity index (χ3n) is 4.42. The van der Waals surface area contributed by atoms with Crippen molar-refractivity contribution in [3.8, 4) is 0 Å². The van der Waals surface area contributed by atoms with Crippen LogP contribution in [0.1, 0.15) is 34.0 Å². The number of halogens is 1. The van der Waals surface area contributed by atoms with Gasteiger partial charge in [0.05, 0.1) is 12.1 Å². The van der Waals surface area contributed by atoms with Crippen LogP contribution in [-0.4, -0.2) is 23.0 Å². The van der Waals surface area contributed by atoms with E-state index in [-0.39, 0.29) is 17.9 Å². The van der Waals surface area contributed by atoms with Gasteiger partial charge in [-0.05, 0) is 60.4 Å². The van der Waals surface area contributed by atoms with Crippen molar-refractivity contribution in [2.45, 2.75) is 25.0 Å². The molecule has 0 saturated carbocycles. The lowest BCUT2D eigenvalue weighted by molar-refractivity contribution is -0.111. The first-order chi connectivity index (χ1) is 12.5. The van der Waals surface area contributed by atoms with Gasteiger partial charge < -0.3 is 15.7 Å². The van der Waals surface area contributed by atoms with E-state index in [1.165, 1.54) is 6.08 Å². The van der Waals surface area contributed by atoms with E-state index >= 15 is 0 Å². The van der Waals surface area contributed by atoms with Crippen LogP contribution in [-0.2, 0) is 11.2 Å². The van der Waals surface area contributed by atoms with Crippen LogP contribution < -0.4 is 10.6 Å². The summed E-state index contributed by atoms with van der Waals surface area (Å²) in [5.74, 6) is -0.627. The molecule has 3 rings (SSSR count). The number of amides is 2. The fourth-order valence-corrected chi connectivity index (χ4v) is 3.51. The van der Waals surface area contributed by atoms with Crippen LogP contribution >= 0.6 is 15.9 Å². The molecule has 1 aliphatic rings. The van der Waals surface area contributed by atoms with Crippen LogP contribution in [0.3, 0.4) is 0 Å². The van der Waals surface area contributed by atoms with Gasteiger partial charge in [-0.15, -0.1) is 0 Å². The summed E-state index contributed by atoms with van der Waals surface area (Å²) >= 11 is 3.44. The SMILES string of the molecule is C=CC(=O)Nc1cccc(C(=O)N[C@H]2CCc3cc(Br)ccc3[C@@H]2O)c1. The van der Waals surface area contributed by atoms with Crippen molar-refractivity contribution in [2.75, 3.05) is 5.32 Å². The number of rotatable bonds is 4. The van der Waals surface area contributed by atoms with E-state index in [0.29, 0.717) is 17.7 Å². The summed E-state index contributed by atoms with van der Waals surface area (Å²) in [4.78, 5) is 24.0. The number of anilines is 1. The first-order valence-electron chi connectivity index (χ1n) is 8.28. The molecule has 134 valence electrons. The number of aliphatic hydroxyl groups is 1. The van der Waals surface area contributed by atoms with Gasteiger partial charge in [0, 0.05) is 15.7 Å². The van der Waals surface area contributed by atoms with Crippen LogP contribution in [0.25, 0.3) is 0 Å². The molecule has 0 bridgehead atoms. The molecule has 2 amide bonds. The van der Waals surface area contributed by atoms with Crippen molar-refractivity contribution in [3.63, 3.8) is 0 Å². The Morgan fingerprint density at radius 3 is 2.81 bits per heavy atom. The maximum Gasteiger partial charge on any atom is 0.251 e. The lowest BCUT2D eigenvalue weighted by atomic mass is 9.86. The monoisotopic (exact) mass is 414 g/mol. The van der Waals surface area contributed by atoms with E-state index < -0.39 is 6.10 Å². The van der Waals surface area contributed by atoms with Crippen LogP contribution in [0.5, 0.6) is 0 Å². The van der Waals surface area contributed by atoms with Crippen molar-refractivity contribution >= 4 is 33.4 Å². The van der Waals surface area contributed by atoms with E-state index in [9.17, 15) is 14.7 Å². The first-order valence-corrected chi connectivity index (χ1v) is 9.08. The number of aliphatic hydroxyl groups excluding tert-OH is 1. The maximum absolute atomic E-state index is 12.6. The summed E-state index contributed by atoms with van der Waals surface area (Å²) in [7, 11) is 0. The molecular formula is C20H19BrN2O3. The van der Waals surface area contributed by atoms with Crippen molar-refractivity contribution in [2.24, 2.45) is 0 Å². The number of carbonyl (C=O) groups is 2. The second-order valence-corrected chi connectivity index (χ2v) is 7.10. The zero-order valence-electron chi connectivity index (χ0n) is 14.0. The molecule has 0 unspecified atom stereocenters. The van der Waals surface area contributed by atoms with Gasteiger partial charge in [-0.1, -0.05) is 34.6 Å². The Labute approximate surface area is 160 Å². The molecule has 2 atom stereocenters. The predicted octanol–water partition coefficient (Wildman–Crippen LogP) is 3.35. The van der Waals surface area contributed by atoms with Crippen LogP contribution in [0.15, 0.2) is 59.6 Å². The molecule has 1 aliphatic carbocycles. The summed E-state index contributed by atoms with van der Waals surface area (Å²) in [6.07, 6.45) is 1.86. The van der Waals surface area contributed by atoms with Gasteiger partial charge in [0.1, 0.15) is 0 Å². The van der Waals surface area contributed by atoms with Crippen molar-refractivity contribution in [1.82, 2.24) is 5.32 Å². The molecule has 0 spiro atoms. The van der Waals surface area contributed by atoms with Crippen LogP contribution in [0, 0.1) is 0 Å². The Hall–Kier alpha value is -2.44. The number of hydrogen-bond acceptors (Lipinski definition) is 3. The molecule has 0 aliphatic heterocycles. The van der Waals surface area contributed by atoms with E-state index in [1.54, 1.807) is 24.3 Å². The van der Waals surface area contributed by atoms with Gasteiger partial charge in [0.2, 0.25) is 5.91 Å². The Morgan fingerprint density at radius 2 is 2.04 bits per heavy atom. The molecule has 6 heteroatoms. The molecular weight excluding hydrogens is 396 g/mol. The standard InChI is InChI=1S/C20H19BrN2O3/c1-2-18(24)22-15-5-3-4-13(11-15)20(26)23-17-9-6-12-10-14(21)7-8-16(12)19(17)25/h2-5,7-8,10-11,17,19,25H,1,6,9H2,(H,22,24)(H,23,26)/t17-,19-/m0/s1. The topological polar surface area (TPSA) is 78.4 Å². The van der Waals surface area contributed by atoms with E-state index in [1.807, 2.05) is 18.2 Å². The van der Waals surface area contributed by atoms with Gasteiger partial charge in [0.25, 0.3) is 5.91 Å². The normalized spacial score (nSPS) is 18.5. The highest BCUT2D eigenvalue weighted by Gasteiger charge is 2.29. The summed E-state index contributed by atoms with van der Waals surface area (Å²) in [5.41, 5.74) is 2.87. The maximum atomic E-state index is 12.6. The molecule has 0 heterocycles. The van der Waals surface area contributed by atoms with Crippen molar-refractivity contribution in [3.05, 3.63) is 76.3 Å². The highest BCUT2D eigenvalue weighted by Crippen LogP contribution is 2.32. The minimum absolute atomic E-state index is 0.288. The number of benzene rings is 2. The fourth-order valence-electron chi connectivity index (χ4n) is 3.10. The third kappa shape index (κ3) is 4.03. The summed E-state index contributed by atoms with van der Waals surface area (Å²) < 4.78 is 0.976. The van der Waals surface area contributed by atoms with Crippen LogP contribution in [0.4, 0.5) is 5.69 Å². The van der Waals surface area contributed by atoms with Crippen molar-refractivity contribution in [1.29, 1.82) is 0 Å². The molecule has 2 aromatic rings. The number of carbonyl (C=O) groups excluding carboxylic acids is 2. The second kappa shape index (κ2) is 7.85. The molecule has 26 heavy (non-hydrogen) atoms. The summed E-state index contributed by atoms with van der Waals surface area (Å²) in [6.45, 7) is 3.40. The molecule has 0 aromatic heterocycles. The smallest absolute Gasteiger partial charge is 0.251 e. The number of hydrogen-bond donors (Lipinski definition) is 3. The van der Waals surface area contributed by atoms with E-state index in [4.69, 9.17) is 0 Å². The third-order valence-corrected chi connectivity index (χ3v) is 4.92. The van der Waals surface area contributed by atoms with Crippen molar-refractivity contribution < 1.29 is 14.7 Å². The van der Waals surface area contributed by atoms with E-state index in [0.717, 1.165) is 22.0 Å². The lowest BCUT2D eigenvalue weighted by Crippen LogP contribution is -2.41. The van der Waals surface area contributed by atoms with Gasteiger partial charge in [-0.3, -0.25) is 9.59 Å². The molecule has 0 radical (unpaired) electrons. The van der Waals surface area contributed by atoms with Crippen LogP contribution in [0.2, 0.25) is 0 Å². The second-order valence-electron chi connectivity index (χ2n) is 6.18. The predicted molar refractivity (Wildman–Crippen MR) is 104 cm³/mol. The number of aryl methyl sites for hydroxylation is 1. The zero-order chi connectivity index (χ0) is 18.7. The number of fused-ring (bicyclic) bond motifs is 1. The Bertz CT molecular complexity index is 866. The Kier molecular flexibility index (Phi) is 5.54. The average molecular weight is 415 g/mol. The molecule has 3 N–H and O–H groups in total. The largest absolute Gasteiger partial charge is 0.386 e. The quantitative estimate of drug-likeness (QED) is 0.671. The lowest BCUT2D eigenvalue weighted by Gasteiger charge is -2.31. The molecule has 0 saturated heterocycles. The molecule has 5 nitrogen and oxygen atoms in total. The highest BCUT2D eigenvalue weighted by molar-refractivity contribution is 9.10. The van der Waals surface area contributed by atoms with Gasteiger partial charge in [0.15, 0.2) is 0 Å². The molecule has 0 fully saturated rings. The number of nitrogens with one attached hydrogen (secondary N) is 2. The highest BCUT2D eigenvalue weighted by atomic mass is 79.9. The summed E-state index contributed by atoms with van der Waals surface area (Å²) in [6, 6.07) is 12.1. The minimum Gasteiger partial charge on any atom is -0.386 e. The van der Waals surface area contributed by atoms with Gasteiger partial charge in [-0.25, -0.2) is 0 Å². The Balaban J connectivity index is 1.72.